The molecule has 0 aliphatic carbocycles. The molecular weight excluding hydrogens is 430 g/mol. The van der Waals surface area contributed by atoms with E-state index in [0.717, 1.165) is 55.8 Å². The molecule has 0 unspecified atom stereocenters. The minimum Gasteiger partial charge on any atom is -0.370 e. The number of sulfonamides is 1. The van der Waals surface area contributed by atoms with E-state index in [9.17, 15) is 13.2 Å². The Morgan fingerprint density at radius 1 is 1.00 bits per heavy atom. The fraction of sp³-hybridized carbons (Fsp3) is 0.450. The third kappa shape index (κ3) is 4.30. The first-order chi connectivity index (χ1) is 14.0. The van der Waals surface area contributed by atoms with E-state index in [-0.39, 0.29) is 9.77 Å². The van der Waals surface area contributed by atoms with Crippen molar-refractivity contribution in [3.05, 3.63) is 39.5 Å². The second-order valence-corrected chi connectivity index (χ2v) is 10.6. The number of hydrogen-bond acceptors (Lipinski definition) is 5. The quantitative estimate of drug-likeness (QED) is 0.727. The van der Waals surface area contributed by atoms with Gasteiger partial charge in [-0.2, -0.15) is 4.31 Å². The molecule has 4 rings (SSSR count). The summed E-state index contributed by atoms with van der Waals surface area (Å²) in [4.78, 5) is 15.4. The Balaban J connectivity index is 1.52. The van der Waals surface area contributed by atoms with Crippen LogP contribution in [0.25, 0.3) is 0 Å². The van der Waals surface area contributed by atoms with Crippen molar-refractivity contribution in [3.63, 3.8) is 0 Å². The average Bonchev–Trinajstić information content (AvgIpc) is 3.41. The number of benzene rings is 1. The first kappa shape index (κ1) is 20.7. The molecule has 1 aromatic heterocycles. The number of amides is 1. The lowest BCUT2D eigenvalue weighted by molar-refractivity contribution is 0.102. The number of piperidine rings is 1. The maximum Gasteiger partial charge on any atom is 0.267 e. The number of rotatable bonds is 5. The number of nitrogens with zero attached hydrogens (tertiary/aromatic N) is 2. The molecule has 0 atom stereocenters. The monoisotopic (exact) mass is 453 g/mol. The van der Waals surface area contributed by atoms with Gasteiger partial charge in [0.15, 0.2) is 0 Å². The molecule has 29 heavy (non-hydrogen) atoms. The third-order valence-electron chi connectivity index (χ3n) is 5.42. The molecule has 9 heteroatoms. The molecule has 156 valence electrons. The molecule has 2 aromatic rings. The highest BCUT2D eigenvalue weighted by molar-refractivity contribution is 7.89. The number of anilines is 2. The van der Waals surface area contributed by atoms with E-state index >= 15 is 0 Å². The van der Waals surface area contributed by atoms with Crippen LogP contribution in [0.3, 0.4) is 0 Å². The van der Waals surface area contributed by atoms with Gasteiger partial charge in [-0.25, -0.2) is 8.42 Å². The molecule has 1 aromatic carbocycles. The molecule has 0 spiro atoms. The Labute approximate surface area is 180 Å². The maximum atomic E-state index is 12.9. The Morgan fingerprint density at radius 2 is 1.69 bits per heavy atom. The van der Waals surface area contributed by atoms with Crippen LogP contribution in [0.5, 0.6) is 0 Å². The van der Waals surface area contributed by atoms with Crippen LogP contribution in [0.15, 0.2) is 34.5 Å². The third-order valence-corrected chi connectivity index (χ3v) is 8.71. The fourth-order valence-corrected chi connectivity index (χ4v) is 7.01. The molecule has 0 radical (unpaired) electrons. The summed E-state index contributed by atoms with van der Waals surface area (Å²) >= 11 is 7.60. The summed E-state index contributed by atoms with van der Waals surface area (Å²) in [6.45, 7) is 2.98. The standard InChI is InChI=1S/C20H24ClN3O3S2/c21-16-14-15(6-7-17(16)23-9-2-1-3-10-23)22-20(25)19-18(8-13-28-19)29(26,27)24-11-4-5-12-24/h6-8,13-14H,1-5,9-12H2,(H,22,25). The van der Waals surface area contributed by atoms with Crippen molar-refractivity contribution in [1.29, 1.82) is 0 Å². The Bertz CT molecular complexity index is 994. The van der Waals surface area contributed by atoms with E-state index in [0.29, 0.717) is 23.8 Å². The van der Waals surface area contributed by atoms with E-state index in [2.05, 4.69) is 10.2 Å². The van der Waals surface area contributed by atoms with E-state index in [1.807, 2.05) is 12.1 Å². The van der Waals surface area contributed by atoms with Gasteiger partial charge in [0.1, 0.15) is 9.77 Å². The molecular formula is C20H24ClN3O3S2. The van der Waals surface area contributed by atoms with Crippen LogP contribution in [0.2, 0.25) is 5.02 Å². The molecule has 2 saturated heterocycles. The van der Waals surface area contributed by atoms with Crippen LogP contribution in [-0.4, -0.2) is 44.8 Å². The number of carbonyl (C=O) groups is 1. The molecule has 2 aliphatic rings. The molecule has 2 aliphatic heterocycles. The van der Waals surface area contributed by atoms with E-state index in [1.165, 1.54) is 16.8 Å². The second-order valence-electron chi connectivity index (χ2n) is 7.39. The van der Waals surface area contributed by atoms with Crippen molar-refractivity contribution in [3.8, 4) is 0 Å². The lowest BCUT2D eigenvalue weighted by Crippen LogP contribution is -2.29. The van der Waals surface area contributed by atoms with Crippen LogP contribution in [0.4, 0.5) is 11.4 Å². The summed E-state index contributed by atoms with van der Waals surface area (Å²) < 4.78 is 27.2. The van der Waals surface area contributed by atoms with Crippen LogP contribution in [-0.2, 0) is 10.0 Å². The van der Waals surface area contributed by atoms with Crippen molar-refractivity contribution < 1.29 is 13.2 Å². The SMILES string of the molecule is O=C(Nc1ccc(N2CCCCC2)c(Cl)c1)c1sccc1S(=O)(=O)N1CCCC1. The Morgan fingerprint density at radius 3 is 2.38 bits per heavy atom. The van der Waals surface area contributed by atoms with E-state index in [4.69, 9.17) is 11.6 Å². The molecule has 2 fully saturated rings. The Kier molecular flexibility index (Phi) is 6.15. The molecule has 0 bridgehead atoms. The van der Waals surface area contributed by atoms with E-state index in [1.54, 1.807) is 11.4 Å². The lowest BCUT2D eigenvalue weighted by atomic mass is 10.1. The van der Waals surface area contributed by atoms with Crippen LogP contribution in [0, 0.1) is 0 Å². The number of halogens is 1. The molecule has 3 heterocycles. The average molecular weight is 454 g/mol. The van der Waals surface area contributed by atoms with Gasteiger partial charge in [0.25, 0.3) is 5.91 Å². The van der Waals surface area contributed by atoms with Crippen LogP contribution in [0.1, 0.15) is 41.8 Å². The predicted octanol–water partition coefficient (Wildman–Crippen LogP) is 4.43. The van der Waals surface area contributed by atoms with Gasteiger partial charge in [-0.1, -0.05) is 11.6 Å². The number of nitrogens with one attached hydrogen (secondary N) is 1. The predicted molar refractivity (Wildman–Crippen MR) is 118 cm³/mol. The molecule has 1 amide bonds. The largest absolute Gasteiger partial charge is 0.370 e. The fourth-order valence-electron chi connectivity index (χ4n) is 3.90. The first-order valence-corrected chi connectivity index (χ1v) is 12.6. The highest BCUT2D eigenvalue weighted by Crippen LogP contribution is 2.32. The van der Waals surface area contributed by atoms with Crippen molar-refractivity contribution in [1.82, 2.24) is 4.31 Å². The van der Waals surface area contributed by atoms with Crippen molar-refractivity contribution in [2.24, 2.45) is 0 Å². The van der Waals surface area contributed by atoms with Gasteiger partial charge >= 0.3 is 0 Å². The van der Waals surface area contributed by atoms with Gasteiger partial charge in [0, 0.05) is 31.9 Å². The topological polar surface area (TPSA) is 69.7 Å². The lowest BCUT2D eigenvalue weighted by Gasteiger charge is -2.29. The van der Waals surface area contributed by atoms with Gasteiger partial charge in [-0.3, -0.25) is 4.79 Å². The maximum absolute atomic E-state index is 12.9. The minimum absolute atomic E-state index is 0.0814. The highest BCUT2D eigenvalue weighted by Gasteiger charge is 2.31. The molecule has 0 saturated carbocycles. The molecule has 1 N–H and O–H groups in total. The van der Waals surface area contributed by atoms with Crippen molar-refractivity contribution in [2.75, 3.05) is 36.4 Å². The number of thiophene rings is 1. The van der Waals surface area contributed by atoms with Gasteiger partial charge in [0.2, 0.25) is 10.0 Å². The zero-order chi connectivity index (χ0) is 20.4. The normalized spacial score (nSPS) is 18.2. The molecule has 6 nitrogen and oxygen atoms in total. The van der Waals surface area contributed by atoms with Crippen LogP contribution < -0.4 is 10.2 Å². The summed E-state index contributed by atoms with van der Waals surface area (Å²) in [5.41, 5.74) is 1.52. The summed E-state index contributed by atoms with van der Waals surface area (Å²) in [7, 11) is -3.64. The number of carbonyl (C=O) groups excluding carboxylic acids is 1. The summed E-state index contributed by atoms with van der Waals surface area (Å²) in [6.07, 6.45) is 5.26. The van der Waals surface area contributed by atoms with Gasteiger partial charge in [-0.15, -0.1) is 11.3 Å². The summed E-state index contributed by atoms with van der Waals surface area (Å²) in [6, 6.07) is 6.97. The van der Waals surface area contributed by atoms with Crippen LogP contribution >= 0.6 is 22.9 Å². The number of hydrogen-bond donors (Lipinski definition) is 1. The van der Waals surface area contributed by atoms with Gasteiger partial charge < -0.3 is 10.2 Å². The summed E-state index contributed by atoms with van der Waals surface area (Å²) in [5.74, 6) is -0.431. The zero-order valence-electron chi connectivity index (χ0n) is 16.1. The van der Waals surface area contributed by atoms with Gasteiger partial charge in [-0.05, 0) is 61.7 Å². The second kappa shape index (κ2) is 8.63. The van der Waals surface area contributed by atoms with Gasteiger partial charge in [0.05, 0.1) is 10.7 Å². The smallest absolute Gasteiger partial charge is 0.267 e. The van der Waals surface area contributed by atoms with E-state index < -0.39 is 15.9 Å². The minimum atomic E-state index is -3.64. The summed E-state index contributed by atoms with van der Waals surface area (Å²) in [5, 5.41) is 5.03. The highest BCUT2D eigenvalue weighted by atomic mass is 35.5. The first-order valence-electron chi connectivity index (χ1n) is 9.90. The van der Waals surface area contributed by atoms with Crippen molar-refractivity contribution >= 4 is 50.2 Å². The van der Waals surface area contributed by atoms with Crippen molar-refractivity contribution in [2.45, 2.75) is 37.0 Å². The zero-order valence-corrected chi connectivity index (χ0v) is 18.5. The Hall–Kier alpha value is -1.61.